The van der Waals surface area contributed by atoms with E-state index < -0.39 is 24.3 Å². The number of nitrogens with zero attached hydrogens (tertiary/aromatic N) is 6. The summed E-state index contributed by atoms with van der Waals surface area (Å²) in [7, 11) is 1.60. The number of hydrogen-bond donors (Lipinski definition) is 0. The van der Waals surface area contributed by atoms with Crippen LogP contribution in [-0.4, -0.2) is 77.6 Å². The van der Waals surface area contributed by atoms with Gasteiger partial charge in [-0.1, -0.05) is 24.3 Å². The Kier molecular flexibility index (Phi) is 6.05. The van der Waals surface area contributed by atoms with Crippen molar-refractivity contribution in [3.05, 3.63) is 35.1 Å². The lowest BCUT2D eigenvalue weighted by molar-refractivity contribution is -0.137. The quantitative estimate of drug-likeness (QED) is 0.693. The summed E-state index contributed by atoms with van der Waals surface area (Å²) in [6.07, 6.45) is -1.12. The lowest BCUT2D eigenvalue weighted by atomic mass is 10.2. The highest BCUT2D eigenvalue weighted by Crippen LogP contribution is 2.32. The van der Waals surface area contributed by atoms with E-state index in [1.807, 2.05) is 6.92 Å². The van der Waals surface area contributed by atoms with Gasteiger partial charge in [0, 0.05) is 40.2 Å². The Morgan fingerprint density at radius 2 is 2.03 bits per heavy atom. The molecule has 0 aliphatic carbocycles. The van der Waals surface area contributed by atoms with E-state index in [1.54, 1.807) is 30.5 Å². The molecule has 2 saturated heterocycles. The number of rotatable bonds is 5. The van der Waals surface area contributed by atoms with E-state index in [4.69, 9.17) is 4.74 Å². The van der Waals surface area contributed by atoms with Crippen LogP contribution in [0.4, 0.5) is 20.0 Å². The molecule has 0 spiro atoms. The molecule has 4 rings (SSSR count). The van der Waals surface area contributed by atoms with Gasteiger partial charge in [0.05, 0.1) is 5.69 Å². The Morgan fingerprint density at radius 3 is 2.65 bits per heavy atom. The van der Waals surface area contributed by atoms with Gasteiger partial charge in [-0.2, -0.15) is 0 Å². The van der Waals surface area contributed by atoms with Crippen molar-refractivity contribution in [2.24, 2.45) is 0 Å². The molecule has 166 valence electrons. The van der Waals surface area contributed by atoms with Crippen molar-refractivity contribution < 1.29 is 18.7 Å². The molecule has 11 heteroatoms. The van der Waals surface area contributed by atoms with E-state index in [1.165, 1.54) is 28.9 Å². The van der Waals surface area contributed by atoms with Crippen molar-refractivity contribution in [2.45, 2.75) is 32.7 Å². The van der Waals surface area contributed by atoms with Crippen molar-refractivity contribution in [1.82, 2.24) is 20.0 Å². The molecule has 0 saturated carbocycles. The number of carbonyl (C=O) groups is 2. The summed E-state index contributed by atoms with van der Waals surface area (Å²) in [5.41, 5.74) is 0.397. The van der Waals surface area contributed by atoms with Crippen molar-refractivity contribution in [1.29, 1.82) is 0 Å². The van der Waals surface area contributed by atoms with Crippen LogP contribution in [0.3, 0.4) is 0 Å². The van der Waals surface area contributed by atoms with Crippen molar-refractivity contribution in [3.63, 3.8) is 0 Å². The summed E-state index contributed by atoms with van der Waals surface area (Å²) < 4.78 is 19.5. The zero-order chi connectivity index (χ0) is 22.1. The molecular weight excluding hydrogens is 423 g/mol. The standard InChI is InChI=1S/C20H25FN6O3S/c1-4-16-22-23-19(31-16)26-10-8-25(9-11-26)17-18(24(3)13(2)28)30-20(29)27(17)15-7-5-6-14(21)12-15/h5-7,12,17-18H,4,8-11H2,1-3H3. The number of benzene rings is 1. The third-order valence-corrected chi connectivity index (χ3v) is 6.75. The van der Waals surface area contributed by atoms with Crippen LogP contribution in [0.2, 0.25) is 0 Å². The molecule has 2 atom stereocenters. The van der Waals surface area contributed by atoms with Gasteiger partial charge in [-0.25, -0.2) is 9.18 Å². The Bertz CT molecular complexity index is 964. The van der Waals surface area contributed by atoms with Crippen LogP contribution >= 0.6 is 11.3 Å². The molecule has 1 aromatic carbocycles. The number of piperazine rings is 1. The number of aryl methyl sites for hydroxylation is 1. The minimum Gasteiger partial charge on any atom is -0.421 e. The third kappa shape index (κ3) is 4.19. The van der Waals surface area contributed by atoms with Crippen LogP contribution in [0.15, 0.2) is 24.3 Å². The van der Waals surface area contributed by atoms with Crippen LogP contribution in [0.25, 0.3) is 0 Å². The molecule has 2 aliphatic rings. The summed E-state index contributed by atoms with van der Waals surface area (Å²) in [6, 6.07) is 5.84. The lowest BCUT2D eigenvalue weighted by Gasteiger charge is -2.42. The number of amides is 2. The van der Waals surface area contributed by atoms with E-state index in [9.17, 15) is 14.0 Å². The second-order valence-electron chi connectivity index (χ2n) is 7.52. The Hall–Kier alpha value is -2.79. The summed E-state index contributed by atoms with van der Waals surface area (Å²) in [5.74, 6) is -0.663. The predicted molar refractivity (Wildman–Crippen MR) is 114 cm³/mol. The molecule has 0 bridgehead atoms. The van der Waals surface area contributed by atoms with Gasteiger partial charge in [0.15, 0.2) is 6.17 Å². The van der Waals surface area contributed by atoms with Crippen LogP contribution < -0.4 is 9.80 Å². The van der Waals surface area contributed by atoms with Crippen LogP contribution in [0, 0.1) is 5.82 Å². The fraction of sp³-hybridized carbons (Fsp3) is 0.500. The van der Waals surface area contributed by atoms with E-state index >= 15 is 0 Å². The average Bonchev–Trinajstić information content (AvgIpc) is 3.37. The van der Waals surface area contributed by atoms with Gasteiger partial charge < -0.3 is 14.5 Å². The molecular formula is C20H25FN6O3S. The SMILES string of the molecule is CCc1nnc(N2CCN(C3C(N(C)C(C)=O)OC(=O)N3c3cccc(F)c3)CC2)s1. The molecule has 2 aromatic rings. The Morgan fingerprint density at radius 1 is 1.29 bits per heavy atom. The van der Waals surface area contributed by atoms with Crippen LogP contribution in [0.1, 0.15) is 18.9 Å². The van der Waals surface area contributed by atoms with Gasteiger partial charge in [0.2, 0.25) is 17.3 Å². The zero-order valence-electron chi connectivity index (χ0n) is 17.7. The maximum absolute atomic E-state index is 13.9. The molecule has 2 aliphatic heterocycles. The largest absolute Gasteiger partial charge is 0.421 e. The summed E-state index contributed by atoms with van der Waals surface area (Å²) in [4.78, 5) is 31.9. The Labute approximate surface area is 184 Å². The molecule has 9 nitrogen and oxygen atoms in total. The number of carbonyl (C=O) groups excluding carboxylic acids is 2. The minimum absolute atomic E-state index is 0.219. The summed E-state index contributed by atoms with van der Waals surface area (Å²) >= 11 is 1.58. The maximum atomic E-state index is 13.9. The molecule has 2 amide bonds. The first kappa shape index (κ1) is 21.4. The second-order valence-corrected chi connectivity index (χ2v) is 8.56. The van der Waals surface area contributed by atoms with E-state index in [0.717, 1.165) is 16.6 Å². The van der Waals surface area contributed by atoms with Crippen LogP contribution in [-0.2, 0) is 16.0 Å². The van der Waals surface area contributed by atoms with Gasteiger partial charge in [-0.15, -0.1) is 10.2 Å². The van der Waals surface area contributed by atoms with Gasteiger partial charge in [-0.3, -0.25) is 14.6 Å². The average molecular weight is 449 g/mol. The fourth-order valence-electron chi connectivity index (χ4n) is 3.84. The molecule has 1 aromatic heterocycles. The summed E-state index contributed by atoms with van der Waals surface area (Å²) in [5, 5.41) is 10.3. The third-order valence-electron chi connectivity index (χ3n) is 5.62. The first-order valence-electron chi connectivity index (χ1n) is 10.2. The first-order valence-corrected chi connectivity index (χ1v) is 11.0. The highest BCUT2D eigenvalue weighted by Gasteiger charge is 2.49. The normalized spacial score (nSPS) is 22.0. The number of halogens is 1. The maximum Gasteiger partial charge on any atom is 0.417 e. The highest BCUT2D eigenvalue weighted by molar-refractivity contribution is 7.15. The predicted octanol–water partition coefficient (Wildman–Crippen LogP) is 2.15. The van der Waals surface area contributed by atoms with E-state index in [2.05, 4.69) is 20.0 Å². The van der Waals surface area contributed by atoms with Crippen molar-refractivity contribution in [3.8, 4) is 0 Å². The topological polar surface area (TPSA) is 82.1 Å². The van der Waals surface area contributed by atoms with E-state index in [0.29, 0.717) is 31.9 Å². The highest BCUT2D eigenvalue weighted by atomic mass is 32.1. The molecule has 0 radical (unpaired) electrons. The van der Waals surface area contributed by atoms with Gasteiger partial charge in [0.1, 0.15) is 10.8 Å². The first-order chi connectivity index (χ1) is 14.9. The molecule has 0 N–H and O–H groups in total. The Balaban J connectivity index is 1.58. The van der Waals surface area contributed by atoms with Crippen molar-refractivity contribution in [2.75, 3.05) is 43.0 Å². The monoisotopic (exact) mass is 448 g/mol. The smallest absolute Gasteiger partial charge is 0.417 e. The van der Waals surface area contributed by atoms with Gasteiger partial charge >= 0.3 is 6.09 Å². The van der Waals surface area contributed by atoms with E-state index in [-0.39, 0.29) is 5.91 Å². The molecule has 2 fully saturated rings. The summed E-state index contributed by atoms with van der Waals surface area (Å²) in [6.45, 7) is 6.10. The zero-order valence-corrected chi connectivity index (χ0v) is 18.5. The van der Waals surface area contributed by atoms with Gasteiger partial charge in [-0.05, 0) is 24.6 Å². The number of ether oxygens (including phenoxy) is 1. The van der Waals surface area contributed by atoms with Gasteiger partial charge in [0.25, 0.3) is 0 Å². The number of likely N-dealkylation sites (N-methyl/N-ethyl adjacent to an activating group) is 1. The lowest BCUT2D eigenvalue weighted by Crippen LogP contribution is -2.60. The second kappa shape index (κ2) is 8.75. The van der Waals surface area contributed by atoms with Crippen LogP contribution in [0.5, 0.6) is 0 Å². The minimum atomic E-state index is -0.798. The number of anilines is 2. The fourth-order valence-corrected chi connectivity index (χ4v) is 4.67. The molecule has 3 heterocycles. The number of hydrogen-bond acceptors (Lipinski definition) is 8. The molecule has 2 unspecified atom stereocenters. The van der Waals surface area contributed by atoms with Crippen molar-refractivity contribution >= 4 is 34.2 Å². The number of cyclic esters (lactones) is 1. The molecule has 31 heavy (non-hydrogen) atoms. The number of aromatic nitrogens is 2.